The van der Waals surface area contributed by atoms with Gasteiger partial charge in [-0.1, -0.05) is 18.2 Å². The fourth-order valence-corrected chi connectivity index (χ4v) is 1.99. The summed E-state index contributed by atoms with van der Waals surface area (Å²) >= 11 is 0. The van der Waals surface area contributed by atoms with Gasteiger partial charge in [0.2, 0.25) is 0 Å². The van der Waals surface area contributed by atoms with Crippen molar-refractivity contribution in [2.45, 2.75) is 6.92 Å². The monoisotopic (exact) mass is 218 g/mol. The maximum atomic E-state index is 12.2. The molecule has 0 bridgehead atoms. The zero-order valence-electron chi connectivity index (χ0n) is 9.94. The largest absolute Gasteiger partial charge is 0.336 e. The van der Waals surface area contributed by atoms with Crippen molar-refractivity contribution in [1.29, 1.82) is 0 Å². The van der Waals surface area contributed by atoms with Gasteiger partial charge < -0.3 is 9.80 Å². The van der Waals surface area contributed by atoms with Crippen LogP contribution in [0.25, 0.3) is 0 Å². The molecule has 1 aromatic rings. The summed E-state index contributed by atoms with van der Waals surface area (Å²) in [5, 5.41) is 0. The second-order valence-corrected chi connectivity index (χ2v) is 4.41. The molecule has 0 aliphatic carbocycles. The summed E-state index contributed by atoms with van der Waals surface area (Å²) in [5.74, 6) is 0.172. The maximum absolute atomic E-state index is 12.2. The predicted molar refractivity (Wildman–Crippen MR) is 64.6 cm³/mol. The average molecular weight is 218 g/mol. The molecule has 1 heterocycles. The van der Waals surface area contributed by atoms with E-state index >= 15 is 0 Å². The van der Waals surface area contributed by atoms with E-state index in [1.165, 1.54) is 0 Å². The maximum Gasteiger partial charge on any atom is 0.254 e. The van der Waals surface area contributed by atoms with E-state index in [-0.39, 0.29) is 5.91 Å². The number of rotatable bonds is 1. The molecule has 86 valence electrons. The number of piperazine rings is 1. The minimum Gasteiger partial charge on any atom is -0.336 e. The topological polar surface area (TPSA) is 23.6 Å². The zero-order valence-corrected chi connectivity index (χ0v) is 9.94. The van der Waals surface area contributed by atoms with Crippen LogP contribution in [0.3, 0.4) is 0 Å². The molecular formula is C13H18N2O. The van der Waals surface area contributed by atoms with Crippen molar-refractivity contribution in [2.24, 2.45) is 0 Å². The third kappa shape index (κ3) is 2.25. The average Bonchev–Trinajstić information content (AvgIpc) is 2.30. The Morgan fingerprint density at radius 3 is 2.38 bits per heavy atom. The van der Waals surface area contributed by atoms with Crippen molar-refractivity contribution in [3.63, 3.8) is 0 Å². The highest BCUT2D eigenvalue weighted by molar-refractivity contribution is 5.95. The van der Waals surface area contributed by atoms with Gasteiger partial charge in [0.05, 0.1) is 0 Å². The lowest BCUT2D eigenvalue weighted by Crippen LogP contribution is -2.47. The minimum atomic E-state index is 0.172. The van der Waals surface area contributed by atoms with Gasteiger partial charge in [0.1, 0.15) is 0 Å². The first kappa shape index (κ1) is 11.1. The fraction of sp³-hybridized carbons (Fsp3) is 0.462. The normalized spacial score (nSPS) is 17.5. The number of benzene rings is 1. The van der Waals surface area contributed by atoms with Gasteiger partial charge in [-0.2, -0.15) is 0 Å². The van der Waals surface area contributed by atoms with Crippen LogP contribution in [-0.4, -0.2) is 48.9 Å². The van der Waals surface area contributed by atoms with E-state index in [0.29, 0.717) is 0 Å². The predicted octanol–water partition coefficient (Wildman–Crippen LogP) is 1.38. The molecule has 2 rings (SSSR count). The van der Waals surface area contributed by atoms with Crippen LogP contribution in [-0.2, 0) is 0 Å². The number of likely N-dealkylation sites (N-methyl/N-ethyl adjacent to an activating group) is 1. The van der Waals surface area contributed by atoms with Gasteiger partial charge in [-0.3, -0.25) is 4.79 Å². The Kier molecular flexibility index (Phi) is 3.25. The van der Waals surface area contributed by atoms with E-state index in [1.807, 2.05) is 36.1 Å². The van der Waals surface area contributed by atoms with E-state index in [9.17, 15) is 4.79 Å². The Labute approximate surface area is 96.7 Å². The van der Waals surface area contributed by atoms with Crippen molar-refractivity contribution in [2.75, 3.05) is 33.2 Å². The molecule has 1 fully saturated rings. The fourth-order valence-electron chi connectivity index (χ4n) is 1.99. The van der Waals surface area contributed by atoms with E-state index < -0.39 is 0 Å². The summed E-state index contributed by atoms with van der Waals surface area (Å²) in [6.45, 7) is 5.60. The quantitative estimate of drug-likeness (QED) is 0.711. The van der Waals surface area contributed by atoms with Crippen molar-refractivity contribution in [3.8, 4) is 0 Å². The van der Waals surface area contributed by atoms with Gasteiger partial charge in [-0.05, 0) is 25.6 Å². The number of nitrogens with zero attached hydrogens (tertiary/aromatic N) is 2. The SMILES string of the molecule is Cc1ccccc1C(=O)N1CCN(C)CC1. The molecular weight excluding hydrogens is 200 g/mol. The Bertz CT molecular complexity index is 381. The lowest BCUT2D eigenvalue weighted by molar-refractivity contribution is 0.0663. The van der Waals surface area contributed by atoms with Gasteiger partial charge in [-0.15, -0.1) is 0 Å². The summed E-state index contributed by atoms with van der Waals surface area (Å²) in [7, 11) is 2.09. The molecule has 0 N–H and O–H groups in total. The first-order chi connectivity index (χ1) is 7.68. The molecule has 3 nitrogen and oxygen atoms in total. The van der Waals surface area contributed by atoms with Crippen molar-refractivity contribution >= 4 is 5.91 Å². The summed E-state index contributed by atoms with van der Waals surface area (Å²) in [5.41, 5.74) is 1.90. The van der Waals surface area contributed by atoms with Crippen LogP contribution in [0.2, 0.25) is 0 Å². The standard InChI is InChI=1S/C13H18N2O/c1-11-5-3-4-6-12(11)13(16)15-9-7-14(2)8-10-15/h3-6H,7-10H2,1-2H3. The summed E-state index contributed by atoms with van der Waals surface area (Å²) < 4.78 is 0. The van der Waals surface area contributed by atoms with Crippen LogP contribution < -0.4 is 0 Å². The third-order valence-electron chi connectivity index (χ3n) is 3.17. The number of carbonyl (C=O) groups excluding carboxylic acids is 1. The number of aryl methyl sites for hydroxylation is 1. The number of amides is 1. The van der Waals surface area contributed by atoms with Crippen LogP contribution in [0.15, 0.2) is 24.3 Å². The molecule has 1 aliphatic heterocycles. The summed E-state index contributed by atoms with van der Waals surface area (Å²) in [4.78, 5) is 16.4. The molecule has 1 aliphatic rings. The van der Waals surface area contributed by atoms with Gasteiger partial charge in [-0.25, -0.2) is 0 Å². The molecule has 0 aromatic heterocycles. The van der Waals surface area contributed by atoms with Gasteiger partial charge in [0.15, 0.2) is 0 Å². The van der Waals surface area contributed by atoms with Gasteiger partial charge in [0.25, 0.3) is 5.91 Å². The molecule has 0 spiro atoms. The van der Waals surface area contributed by atoms with Crippen LogP contribution in [0, 0.1) is 6.92 Å². The van der Waals surface area contributed by atoms with Crippen LogP contribution in [0.5, 0.6) is 0 Å². The third-order valence-corrected chi connectivity index (χ3v) is 3.17. The Morgan fingerprint density at radius 1 is 1.12 bits per heavy atom. The molecule has 1 aromatic carbocycles. The smallest absolute Gasteiger partial charge is 0.254 e. The Morgan fingerprint density at radius 2 is 1.75 bits per heavy atom. The first-order valence-corrected chi connectivity index (χ1v) is 5.72. The zero-order chi connectivity index (χ0) is 11.5. The highest BCUT2D eigenvalue weighted by Gasteiger charge is 2.20. The van der Waals surface area contributed by atoms with Crippen molar-refractivity contribution in [1.82, 2.24) is 9.80 Å². The van der Waals surface area contributed by atoms with Crippen molar-refractivity contribution < 1.29 is 4.79 Å². The first-order valence-electron chi connectivity index (χ1n) is 5.72. The molecule has 0 saturated carbocycles. The highest BCUT2D eigenvalue weighted by atomic mass is 16.2. The summed E-state index contributed by atoms with van der Waals surface area (Å²) in [6.07, 6.45) is 0. The molecule has 0 unspecified atom stereocenters. The van der Waals surface area contributed by atoms with E-state index in [4.69, 9.17) is 0 Å². The van der Waals surface area contributed by atoms with E-state index in [2.05, 4.69) is 11.9 Å². The molecule has 3 heteroatoms. The van der Waals surface area contributed by atoms with E-state index in [1.54, 1.807) is 0 Å². The van der Waals surface area contributed by atoms with E-state index in [0.717, 1.165) is 37.3 Å². The molecule has 1 amide bonds. The molecule has 0 radical (unpaired) electrons. The Balaban J connectivity index is 2.11. The lowest BCUT2D eigenvalue weighted by Gasteiger charge is -2.32. The van der Waals surface area contributed by atoms with Crippen LogP contribution in [0.4, 0.5) is 0 Å². The van der Waals surface area contributed by atoms with Crippen molar-refractivity contribution in [3.05, 3.63) is 35.4 Å². The second-order valence-electron chi connectivity index (χ2n) is 4.41. The molecule has 1 saturated heterocycles. The number of hydrogen-bond donors (Lipinski definition) is 0. The Hall–Kier alpha value is -1.35. The highest BCUT2D eigenvalue weighted by Crippen LogP contribution is 2.12. The van der Waals surface area contributed by atoms with Gasteiger partial charge >= 0.3 is 0 Å². The minimum absolute atomic E-state index is 0.172. The lowest BCUT2D eigenvalue weighted by atomic mass is 10.1. The molecule has 0 atom stereocenters. The van der Waals surface area contributed by atoms with Gasteiger partial charge in [0, 0.05) is 31.7 Å². The number of carbonyl (C=O) groups is 1. The number of hydrogen-bond acceptors (Lipinski definition) is 2. The second kappa shape index (κ2) is 4.66. The summed E-state index contributed by atoms with van der Waals surface area (Å²) in [6, 6.07) is 7.80. The van der Waals surface area contributed by atoms with Crippen LogP contribution >= 0.6 is 0 Å². The molecule has 16 heavy (non-hydrogen) atoms. The van der Waals surface area contributed by atoms with Crippen LogP contribution in [0.1, 0.15) is 15.9 Å².